The van der Waals surface area contributed by atoms with Crippen molar-refractivity contribution in [1.29, 1.82) is 0 Å². The molecule has 0 aliphatic carbocycles. The molecule has 2 aromatic carbocycles. The summed E-state index contributed by atoms with van der Waals surface area (Å²) in [6.07, 6.45) is -0.560. The number of carbonyl (C=O) groups excluding carboxylic acids is 1. The highest BCUT2D eigenvalue weighted by Crippen LogP contribution is 2.31. The Hall–Kier alpha value is -2.82. The third kappa shape index (κ3) is 3.04. The molecule has 0 saturated heterocycles. The van der Waals surface area contributed by atoms with Crippen LogP contribution in [0.1, 0.15) is 29.8 Å². The quantitative estimate of drug-likeness (QED) is 0.874. The van der Waals surface area contributed by atoms with Crippen LogP contribution in [0.15, 0.2) is 53.6 Å². The lowest BCUT2D eigenvalue weighted by molar-refractivity contribution is -0.135. The van der Waals surface area contributed by atoms with E-state index in [1.807, 2.05) is 55.5 Å². The van der Waals surface area contributed by atoms with E-state index in [0.717, 1.165) is 22.4 Å². The summed E-state index contributed by atoms with van der Waals surface area (Å²) < 4.78 is 11.1. The molecule has 0 saturated carbocycles. The zero-order valence-corrected chi connectivity index (χ0v) is 13.3. The number of benzene rings is 2. The van der Waals surface area contributed by atoms with Crippen molar-refractivity contribution in [3.05, 3.63) is 65.2 Å². The minimum absolute atomic E-state index is 0.173. The SMILES string of the molecule is COc1ccc([C@@H]2OC(c3ccc(C)cc3)=NN2C(C)=O)cc1. The van der Waals surface area contributed by atoms with Crippen molar-refractivity contribution in [3.8, 4) is 5.75 Å². The van der Waals surface area contributed by atoms with Crippen LogP contribution < -0.4 is 4.74 Å². The minimum Gasteiger partial charge on any atom is -0.497 e. The maximum absolute atomic E-state index is 11.9. The number of carbonyl (C=O) groups is 1. The van der Waals surface area contributed by atoms with Gasteiger partial charge in [0.1, 0.15) is 5.75 Å². The number of rotatable bonds is 3. The average molecular weight is 310 g/mol. The van der Waals surface area contributed by atoms with E-state index in [1.165, 1.54) is 11.9 Å². The fraction of sp³-hybridized carbons (Fsp3) is 0.222. The summed E-state index contributed by atoms with van der Waals surface area (Å²) in [6, 6.07) is 15.2. The zero-order chi connectivity index (χ0) is 16.4. The van der Waals surface area contributed by atoms with E-state index in [-0.39, 0.29) is 5.91 Å². The second-order valence-corrected chi connectivity index (χ2v) is 5.38. The molecule has 0 bridgehead atoms. The maximum atomic E-state index is 11.9. The van der Waals surface area contributed by atoms with E-state index >= 15 is 0 Å². The number of methoxy groups -OCH3 is 1. The second kappa shape index (κ2) is 6.12. The van der Waals surface area contributed by atoms with Gasteiger partial charge < -0.3 is 9.47 Å². The Labute approximate surface area is 135 Å². The molecule has 23 heavy (non-hydrogen) atoms. The summed E-state index contributed by atoms with van der Waals surface area (Å²) in [6.45, 7) is 3.49. The zero-order valence-electron chi connectivity index (χ0n) is 13.3. The van der Waals surface area contributed by atoms with Crippen LogP contribution in [0, 0.1) is 6.92 Å². The van der Waals surface area contributed by atoms with Gasteiger partial charge in [-0.25, -0.2) is 0 Å². The predicted octanol–water partition coefficient (Wildman–Crippen LogP) is 3.24. The van der Waals surface area contributed by atoms with E-state index < -0.39 is 6.23 Å². The van der Waals surface area contributed by atoms with Gasteiger partial charge in [-0.2, -0.15) is 5.01 Å². The van der Waals surface area contributed by atoms with E-state index in [9.17, 15) is 4.79 Å². The number of amides is 1. The maximum Gasteiger partial charge on any atom is 0.243 e. The molecule has 118 valence electrons. The molecule has 0 N–H and O–H groups in total. The molecule has 1 amide bonds. The van der Waals surface area contributed by atoms with Gasteiger partial charge in [-0.05, 0) is 43.3 Å². The topological polar surface area (TPSA) is 51.1 Å². The number of hydrazone groups is 1. The van der Waals surface area contributed by atoms with Gasteiger partial charge in [-0.3, -0.25) is 4.79 Å². The number of ether oxygens (including phenoxy) is 2. The van der Waals surface area contributed by atoms with Crippen LogP contribution in [0.2, 0.25) is 0 Å². The van der Waals surface area contributed by atoms with Gasteiger partial charge in [0, 0.05) is 18.1 Å². The molecule has 0 unspecified atom stereocenters. The molecule has 3 rings (SSSR count). The predicted molar refractivity (Wildman–Crippen MR) is 87.1 cm³/mol. The van der Waals surface area contributed by atoms with Crippen molar-refractivity contribution in [2.75, 3.05) is 7.11 Å². The van der Waals surface area contributed by atoms with Gasteiger partial charge in [0.05, 0.1) is 7.11 Å². The summed E-state index contributed by atoms with van der Waals surface area (Å²) in [4.78, 5) is 11.9. The van der Waals surface area contributed by atoms with Crippen LogP contribution in [0.25, 0.3) is 0 Å². The van der Waals surface area contributed by atoms with Gasteiger partial charge in [-0.1, -0.05) is 17.7 Å². The van der Waals surface area contributed by atoms with Crippen LogP contribution >= 0.6 is 0 Å². The number of aryl methyl sites for hydroxylation is 1. The first-order valence-corrected chi connectivity index (χ1v) is 7.34. The third-order valence-electron chi connectivity index (χ3n) is 3.67. The Morgan fingerprint density at radius 2 is 1.78 bits per heavy atom. The number of hydrogen-bond donors (Lipinski definition) is 0. The molecular weight excluding hydrogens is 292 g/mol. The first-order chi connectivity index (χ1) is 11.1. The van der Waals surface area contributed by atoms with Gasteiger partial charge in [0.15, 0.2) is 0 Å². The molecule has 0 radical (unpaired) electrons. The number of nitrogens with zero attached hydrogens (tertiary/aromatic N) is 2. The molecule has 1 aliphatic heterocycles. The highest BCUT2D eigenvalue weighted by atomic mass is 16.5. The highest BCUT2D eigenvalue weighted by Gasteiger charge is 2.32. The van der Waals surface area contributed by atoms with Crippen molar-refractivity contribution in [1.82, 2.24) is 5.01 Å². The van der Waals surface area contributed by atoms with Gasteiger partial charge in [0.2, 0.25) is 18.0 Å². The summed E-state index contributed by atoms with van der Waals surface area (Å²) in [7, 11) is 1.61. The lowest BCUT2D eigenvalue weighted by Gasteiger charge is -2.19. The average Bonchev–Trinajstić information content (AvgIpc) is 3.01. The van der Waals surface area contributed by atoms with Crippen molar-refractivity contribution in [2.24, 2.45) is 5.10 Å². The Morgan fingerprint density at radius 1 is 1.13 bits per heavy atom. The summed E-state index contributed by atoms with van der Waals surface area (Å²) >= 11 is 0. The minimum atomic E-state index is -0.560. The van der Waals surface area contributed by atoms with Gasteiger partial charge in [-0.15, -0.1) is 5.10 Å². The van der Waals surface area contributed by atoms with Crippen molar-refractivity contribution >= 4 is 11.8 Å². The number of hydrogen-bond acceptors (Lipinski definition) is 4. The monoisotopic (exact) mass is 310 g/mol. The summed E-state index contributed by atoms with van der Waals surface area (Å²) in [5.41, 5.74) is 2.84. The molecule has 0 spiro atoms. The smallest absolute Gasteiger partial charge is 0.243 e. The lowest BCUT2D eigenvalue weighted by atomic mass is 10.1. The Balaban J connectivity index is 1.90. The third-order valence-corrected chi connectivity index (χ3v) is 3.67. The van der Waals surface area contributed by atoms with Crippen LogP contribution in [-0.4, -0.2) is 23.9 Å². The molecule has 1 atom stereocenters. The largest absolute Gasteiger partial charge is 0.497 e. The van der Waals surface area contributed by atoms with E-state index in [2.05, 4.69) is 5.10 Å². The Kier molecular flexibility index (Phi) is 4.02. The van der Waals surface area contributed by atoms with Crippen LogP contribution in [0.5, 0.6) is 5.75 Å². The van der Waals surface area contributed by atoms with Crippen LogP contribution in [0.4, 0.5) is 0 Å². The van der Waals surface area contributed by atoms with Crippen LogP contribution in [-0.2, 0) is 9.53 Å². The fourth-order valence-corrected chi connectivity index (χ4v) is 2.36. The van der Waals surface area contributed by atoms with Crippen LogP contribution in [0.3, 0.4) is 0 Å². The van der Waals surface area contributed by atoms with Gasteiger partial charge >= 0.3 is 0 Å². The van der Waals surface area contributed by atoms with E-state index in [4.69, 9.17) is 9.47 Å². The Morgan fingerprint density at radius 3 is 2.35 bits per heavy atom. The summed E-state index contributed by atoms with van der Waals surface area (Å²) in [5.74, 6) is 1.02. The normalized spacial score (nSPS) is 16.7. The standard InChI is InChI=1S/C18H18N2O3/c1-12-4-6-14(7-5-12)17-19-20(13(2)21)18(23-17)15-8-10-16(22-3)11-9-15/h4-11,18H,1-3H3/t18-/m0/s1. The lowest BCUT2D eigenvalue weighted by Crippen LogP contribution is -2.25. The highest BCUT2D eigenvalue weighted by molar-refractivity contribution is 5.96. The molecule has 0 fully saturated rings. The molecular formula is C18H18N2O3. The van der Waals surface area contributed by atoms with Gasteiger partial charge in [0.25, 0.3) is 0 Å². The van der Waals surface area contributed by atoms with Crippen molar-refractivity contribution in [3.63, 3.8) is 0 Å². The van der Waals surface area contributed by atoms with E-state index in [1.54, 1.807) is 7.11 Å². The first kappa shape index (κ1) is 15.1. The summed E-state index contributed by atoms with van der Waals surface area (Å²) in [5, 5.41) is 5.69. The van der Waals surface area contributed by atoms with Crippen molar-refractivity contribution in [2.45, 2.75) is 20.1 Å². The second-order valence-electron chi connectivity index (χ2n) is 5.38. The Bertz CT molecular complexity index is 736. The molecule has 0 aromatic heterocycles. The first-order valence-electron chi connectivity index (χ1n) is 7.34. The molecule has 5 heteroatoms. The molecule has 1 heterocycles. The molecule has 2 aromatic rings. The molecule has 5 nitrogen and oxygen atoms in total. The fourth-order valence-electron chi connectivity index (χ4n) is 2.36. The van der Waals surface area contributed by atoms with Crippen molar-refractivity contribution < 1.29 is 14.3 Å². The molecule has 1 aliphatic rings. The van der Waals surface area contributed by atoms with E-state index in [0.29, 0.717) is 5.90 Å².